The van der Waals surface area contributed by atoms with E-state index in [0.29, 0.717) is 0 Å². The fourth-order valence-electron chi connectivity index (χ4n) is 2.50. The van der Waals surface area contributed by atoms with Crippen LogP contribution < -0.4 is 0 Å². The van der Waals surface area contributed by atoms with Crippen molar-refractivity contribution in [2.24, 2.45) is 5.92 Å². The van der Waals surface area contributed by atoms with Gasteiger partial charge < -0.3 is 4.74 Å². The van der Waals surface area contributed by atoms with Gasteiger partial charge in [-0.1, -0.05) is 31.5 Å². The van der Waals surface area contributed by atoms with Gasteiger partial charge in [-0.2, -0.15) is 4.31 Å². The molecule has 1 aliphatic rings. The lowest BCUT2D eigenvalue weighted by atomic mass is 9.95. The number of nitrogens with zero attached hydrogens (tertiary/aromatic N) is 1. The van der Waals surface area contributed by atoms with Crippen molar-refractivity contribution >= 4 is 21.8 Å². The Morgan fingerprint density at radius 3 is 2.30 bits per heavy atom. The Morgan fingerprint density at radius 1 is 1.26 bits per heavy atom. The maximum Gasteiger partial charge on any atom is 0.336 e. The van der Waals surface area contributed by atoms with E-state index in [1.54, 1.807) is 32.9 Å². The molecule has 0 aromatic heterocycles. The summed E-state index contributed by atoms with van der Waals surface area (Å²) in [6, 6.07) is 6.29. The summed E-state index contributed by atoms with van der Waals surface area (Å²) in [6.45, 7) is 6.66. The molecule has 1 aromatic rings. The second kappa shape index (κ2) is 6.05. The fraction of sp³-hybridized carbons (Fsp3) is 0.500. The van der Waals surface area contributed by atoms with Crippen LogP contribution >= 0.6 is 0 Å². The van der Waals surface area contributed by atoms with Gasteiger partial charge in [0.05, 0.1) is 18.0 Å². The van der Waals surface area contributed by atoms with Crippen molar-refractivity contribution in [2.45, 2.75) is 38.1 Å². The van der Waals surface area contributed by atoms with Gasteiger partial charge in [0.25, 0.3) is 0 Å². The van der Waals surface area contributed by atoms with Crippen molar-refractivity contribution in [1.29, 1.82) is 0 Å². The van der Waals surface area contributed by atoms with E-state index in [4.69, 9.17) is 4.74 Å². The highest BCUT2D eigenvalue weighted by molar-refractivity contribution is 7.89. The topological polar surface area (TPSA) is 80.5 Å². The van der Waals surface area contributed by atoms with E-state index >= 15 is 0 Å². The molecule has 23 heavy (non-hydrogen) atoms. The minimum atomic E-state index is -3.92. The maximum atomic E-state index is 12.7. The highest BCUT2D eigenvalue weighted by atomic mass is 32.2. The Kier molecular flexibility index (Phi) is 4.64. The Bertz CT molecular complexity index is 723. The summed E-state index contributed by atoms with van der Waals surface area (Å²) in [5.74, 6) is -1.71. The standard InChI is InChI=1S/C16H21NO5S/c1-5-22-15(19)16(14(18)11(2)3)10-17(16)23(20,21)13-8-6-12(4)7-9-13/h6-9,11H,5,10H2,1-4H3. The van der Waals surface area contributed by atoms with Crippen LogP contribution in [-0.2, 0) is 24.3 Å². The van der Waals surface area contributed by atoms with E-state index in [1.165, 1.54) is 12.1 Å². The minimum absolute atomic E-state index is 0.0610. The molecule has 2 rings (SSSR count). The Labute approximate surface area is 136 Å². The molecule has 1 fully saturated rings. The first-order valence-electron chi connectivity index (χ1n) is 7.49. The predicted octanol–water partition coefficient (Wildman–Crippen LogP) is 1.53. The molecule has 0 radical (unpaired) electrons. The number of hydrogen-bond acceptors (Lipinski definition) is 5. The molecule has 1 heterocycles. The number of hydrogen-bond donors (Lipinski definition) is 0. The van der Waals surface area contributed by atoms with E-state index < -0.39 is 33.2 Å². The van der Waals surface area contributed by atoms with Crippen molar-refractivity contribution in [2.75, 3.05) is 13.2 Å². The van der Waals surface area contributed by atoms with Crippen LogP contribution in [0.1, 0.15) is 26.3 Å². The van der Waals surface area contributed by atoms with Crippen LogP contribution in [0, 0.1) is 12.8 Å². The van der Waals surface area contributed by atoms with E-state index in [0.717, 1.165) is 9.87 Å². The van der Waals surface area contributed by atoms with Gasteiger partial charge in [0.2, 0.25) is 15.6 Å². The van der Waals surface area contributed by atoms with Crippen LogP contribution in [0.5, 0.6) is 0 Å². The molecule has 1 aromatic carbocycles. The zero-order valence-electron chi connectivity index (χ0n) is 13.7. The van der Waals surface area contributed by atoms with Crippen LogP contribution in [0.4, 0.5) is 0 Å². The van der Waals surface area contributed by atoms with Crippen LogP contribution in [0.15, 0.2) is 29.2 Å². The van der Waals surface area contributed by atoms with Crippen molar-refractivity contribution in [3.63, 3.8) is 0 Å². The summed E-state index contributed by atoms with van der Waals surface area (Å²) in [7, 11) is -3.92. The average Bonchev–Trinajstić information content (AvgIpc) is 3.24. The number of sulfonamides is 1. The molecule has 0 bridgehead atoms. The summed E-state index contributed by atoms with van der Waals surface area (Å²) < 4.78 is 31.3. The number of rotatable bonds is 6. The van der Waals surface area contributed by atoms with Gasteiger partial charge in [-0.25, -0.2) is 13.2 Å². The average molecular weight is 339 g/mol. The molecule has 0 aliphatic carbocycles. The summed E-state index contributed by atoms with van der Waals surface area (Å²) in [5, 5.41) is 0. The first-order valence-corrected chi connectivity index (χ1v) is 8.93. The summed E-state index contributed by atoms with van der Waals surface area (Å²) in [4.78, 5) is 24.8. The van der Waals surface area contributed by atoms with Gasteiger partial charge in [0.1, 0.15) is 0 Å². The normalized spacial score (nSPS) is 23.6. The van der Waals surface area contributed by atoms with E-state index in [2.05, 4.69) is 0 Å². The molecule has 1 aliphatic heterocycles. The van der Waals surface area contributed by atoms with Crippen molar-refractivity contribution in [3.8, 4) is 0 Å². The smallest absolute Gasteiger partial charge is 0.336 e. The molecular weight excluding hydrogens is 318 g/mol. The highest BCUT2D eigenvalue weighted by Crippen LogP contribution is 2.42. The van der Waals surface area contributed by atoms with Crippen LogP contribution in [0.3, 0.4) is 0 Å². The Morgan fingerprint density at radius 2 is 1.83 bits per heavy atom. The second-order valence-electron chi connectivity index (χ2n) is 5.92. The Hall–Kier alpha value is -1.73. The number of ether oxygens (including phenoxy) is 1. The molecule has 126 valence electrons. The molecular formula is C16H21NO5S. The molecule has 0 spiro atoms. The number of benzene rings is 1. The lowest BCUT2D eigenvalue weighted by molar-refractivity contribution is -0.151. The van der Waals surface area contributed by atoms with Crippen LogP contribution in [0.25, 0.3) is 0 Å². The lowest BCUT2D eigenvalue weighted by Crippen LogP contribution is -2.43. The van der Waals surface area contributed by atoms with Crippen LogP contribution in [-0.4, -0.2) is 43.2 Å². The highest BCUT2D eigenvalue weighted by Gasteiger charge is 2.70. The van der Waals surface area contributed by atoms with Crippen molar-refractivity contribution in [1.82, 2.24) is 4.31 Å². The molecule has 1 saturated heterocycles. The van der Waals surface area contributed by atoms with Gasteiger partial charge in [-0.3, -0.25) is 4.79 Å². The molecule has 0 amide bonds. The molecule has 7 heteroatoms. The third-order valence-corrected chi connectivity index (χ3v) is 5.74. The van der Waals surface area contributed by atoms with Crippen molar-refractivity contribution in [3.05, 3.63) is 29.8 Å². The molecule has 2 unspecified atom stereocenters. The number of carbonyl (C=O) groups is 2. The largest absolute Gasteiger partial charge is 0.464 e. The first-order chi connectivity index (χ1) is 10.7. The number of Topliss-reactive ketones (excluding diaryl/α,β-unsaturated/α-hetero) is 1. The quantitative estimate of drug-likeness (QED) is 0.446. The van der Waals surface area contributed by atoms with Gasteiger partial charge >= 0.3 is 5.97 Å². The van der Waals surface area contributed by atoms with Gasteiger partial charge in [-0.05, 0) is 26.0 Å². The third kappa shape index (κ3) is 2.90. The van der Waals surface area contributed by atoms with E-state index in [1.807, 2.05) is 6.92 Å². The van der Waals surface area contributed by atoms with Gasteiger partial charge in [0, 0.05) is 5.92 Å². The monoisotopic (exact) mass is 339 g/mol. The summed E-state index contributed by atoms with van der Waals surface area (Å²) in [5.41, 5.74) is -0.793. The second-order valence-corrected chi connectivity index (χ2v) is 7.79. The fourth-order valence-corrected chi connectivity index (χ4v) is 4.16. The molecule has 6 nitrogen and oxygen atoms in total. The number of aryl methyl sites for hydroxylation is 1. The van der Waals surface area contributed by atoms with Gasteiger partial charge in [0.15, 0.2) is 5.78 Å². The molecule has 0 N–H and O–H groups in total. The molecule has 2 atom stereocenters. The zero-order valence-corrected chi connectivity index (χ0v) is 14.5. The van der Waals surface area contributed by atoms with Crippen LogP contribution in [0.2, 0.25) is 0 Å². The minimum Gasteiger partial charge on any atom is -0.464 e. The van der Waals surface area contributed by atoms with Crippen molar-refractivity contribution < 1.29 is 22.7 Å². The number of ketones is 1. The van der Waals surface area contributed by atoms with E-state index in [-0.39, 0.29) is 18.0 Å². The number of carbonyl (C=O) groups excluding carboxylic acids is 2. The zero-order chi connectivity index (χ0) is 17.4. The van der Waals surface area contributed by atoms with E-state index in [9.17, 15) is 18.0 Å². The summed E-state index contributed by atoms with van der Waals surface area (Å²) in [6.07, 6.45) is 0. The maximum absolute atomic E-state index is 12.7. The summed E-state index contributed by atoms with van der Waals surface area (Å²) >= 11 is 0. The first kappa shape index (κ1) is 17.6. The lowest BCUT2D eigenvalue weighted by Gasteiger charge is -2.17. The third-order valence-electron chi connectivity index (χ3n) is 3.85. The van der Waals surface area contributed by atoms with Gasteiger partial charge in [-0.15, -0.1) is 0 Å². The number of esters is 1. The Balaban J connectivity index is 2.41. The SMILES string of the molecule is CCOC(=O)C1(C(=O)C(C)C)CN1S(=O)(=O)c1ccc(C)cc1. The molecule has 0 saturated carbocycles. The predicted molar refractivity (Wildman–Crippen MR) is 84.3 cm³/mol.